The van der Waals surface area contributed by atoms with Crippen molar-refractivity contribution in [3.05, 3.63) is 65.2 Å². The molecule has 0 atom stereocenters. The van der Waals surface area contributed by atoms with Gasteiger partial charge >= 0.3 is 0 Å². The predicted octanol–water partition coefficient (Wildman–Crippen LogP) is 2.28. The van der Waals surface area contributed by atoms with Gasteiger partial charge in [-0.25, -0.2) is 0 Å². The summed E-state index contributed by atoms with van der Waals surface area (Å²) in [6.45, 7) is 0.855. The summed E-state index contributed by atoms with van der Waals surface area (Å²) < 4.78 is 0. The number of nitrogens with one attached hydrogen (secondary N) is 1. The van der Waals surface area contributed by atoms with Gasteiger partial charge in [0.15, 0.2) is 0 Å². The normalized spacial score (nSPS) is 10.3. The largest absolute Gasteiger partial charge is 0.392 e. The van der Waals surface area contributed by atoms with Crippen LogP contribution >= 0.6 is 0 Å². The zero-order valence-electron chi connectivity index (χ0n) is 10.1. The van der Waals surface area contributed by atoms with Gasteiger partial charge in [-0.1, -0.05) is 36.4 Å². The summed E-state index contributed by atoms with van der Waals surface area (Å²) in [5.74, 6) is 0. The summed E-state index contributed by atoms with van der Waals surface area (Å²) in [5.41, 5.74) is 3.96. The van der Waals surface area contributed by atoms with Crippen LogP contribution in [-0.4, -0.2) is 10.2 Å². The maximum Gasteiger partial charge on any atom is 0.0682 e. The average molecular weight is 243 g/mol. The highest BCUT2D eigenvalue weighted by atomic mass is 16.3. The second-order valence-electron chi connectivity index (χ2n) is 4.19. The van der Waals surface area contributed by atoms with Gasteiger partial charge in [0.1, 0.15) is 0 Å². The van der Waals surface area contributed by atoms with Crippen molar-refractivity contribution in [2.24, 2.45) is 0 Å². The highest BCUT2D eigenvalue weighted by Gasteiger charge is 1.96. The minimum Gasteiger partial charge on any atom is -0.392 e. The van der Waals surface area contributed by atoms with Crippen molar-refractivity contribution >= 4 is 5.69 Å². The van der Waals surface area contributed by atoms with E-state index in [2.05, 4.69) is 5.32 Å². The molecule has 3 nitrogen and oxygen atoms in total. The standard InChI is InChI=1S/C15H17NO2/c17-10-13-6-4-12(5-7-13)9-16-15-3-1-2-14(8-15)11-18/h1-8,16-18H,9-11H2. The number of aliphatic hydroxyl groups excluding tert-OH is 2. The molecule has 2 aromatic rings. The molecule has 0 radical (unpaired) electrons. The first-order valence-corrected chi connectivity index (χ1v) is 5.94. The molecule has 0 aliphatic rings. The summed E-state index contributed by atoms with van der Waals surface area (Å²) >= 11 is 0. The topological polar surface area (TPSA) is 52.5 Å². The summed E-state index contributed by atoms with van der Waals surface area (Å²) in [7, 11) is 0. The van der Waals surface area contributed by atoms with Gasteiger partial charge in [-0.05, 0) is 28.8 Å². The highest BCUT2D eigenvalue weighted by Crippen LogP contribution is 2.12. The van der Waals surface area contributed by atoms with Crippen molar-refractivity contribution < 1.29 is 10.2 Å². The molecule has 0 unspecified atom stereocenters. The first-order chi connectivity index (χ1) is 8.81. The third kappa shape index (κ3) is 3.32. The first kappa shape index (κ1) is 12.6. The Morgan fingerprint density at radius 3 is 2.11 bits per heavy atom. The van der Waals surface area contributed by atoms with Gasteiger partial charge in [0.25, 0.3) is 0 Å². The number of rotatable bonds is 5. The van der Waals surface area contributed by atoms with E-state index in [1.54, 1.807) is 0 Å². The van der Waals surface area contributed by atoms with Crippen LogP contribution in [0.1, 0.15) is 16.7 Å². The molecule has 0 amide bonds. The van der Waals surface area contributed by atoms with Gasteiger partial charge in [-0.2, -0.15) is 0 Å². The molecule has 0 bridgehead atoms. The van der Waals surface area contributed by atoms with Crippen LogP contribution in [0.4, 0.5) is 5.69 Å². The molecule has 0 spiro atoms. The molecular formula is C15H17NO2. The fourth-order valence-electron chi connectivity index (χ4n) is 1.75. The quantitative estimate of drug-likeness (QED) is 0.755. The Morgan fingerprint density at radius 1 is 0.778 bits per heavy atom. The lowest BCUT2D eigenvalue weighted by Crippen LogP contribution is -2.00. The maximum atomic E-state index is 9.05. The Kier molecular flexibility index (Phi) is 4.34. The fourth-order valence-corrected chi connectivity index (χ4v) is 1.75. The highest BCUT2D eigenvalue weighted by molar-refractivity contribution is 5.46. The van der Waals surface area contributed by atoms with Gasteiger partial charge in [-0.15, -0.1) is 0 Å². The van der Waals surface area contributed by atoms with Crippen molar-refractivity contribution in [2.45, 2.75) is 19.8 Å². The Bertz CT molecular complexity index is 494. The van der Waals surface area contributed by atoms with E-state index in [9.17, 15) is 0 Å². The number of anilines is 1. The van der Waals surface area contributed by atoms with E-state index in [4.69, 9.17) is 10.2 Å². The number of aliphatic hydroxyl groups is 2. The van der Waals surface area contributed by atoms with Crippen LogP contribution in [0.25, 0.3) is 0 Å². The summed E-state index contributed by atoms with van der Waals surface area (Å²) in [4.78, 5) is 0. The number of benzene rings is 2. The number of hydrogen-bond acceptors (Lipinski definition) is 3. The molecule has 2 aromatic carbocycles. The zero-order valence-corrected chi connectivity index (χ0v) is 10.1. The molecule has 0 fully saturated rings. The average Bonchev–Trinajstić information content (AvgIpc) is 2.46. The third-order valence-electron chi connectivity index (χ3n) is 2.81. The lowest BCUT2D eigenvalue weighted by atomic mass is 10.1. The summed E-state index contributed by atoms with van der Waals surface area (Å²) in [5, 5.41) is 21.3. The van der Waals surface area contributed by atoms with E-state index < -0.39 is 0 Å². The van der Waals surface area contributed by atoms with Gasteiger partial charge in [0.2, 0.25) is 0 Å². The Balaban J connectivity index is 1.97. The minimum absolute atomic E-state index is 0.0563. The second kappa shape index (κ2) is 6.19. The predicted molar refractivity (Wildman–Crippen MR) is 72.1 cm³/mol. The number of hydrogen-bond donors (Lipinski definition) is 3. The lowest BCUT2D eigenvalue weighted by molar-refractivity contribution is 0.281. The van der Waals surface area contributed by atoms with E-state index >= 15 is 0 Å². The molecule has 0 saturated carbocycles. The summed E-state index contributed by atoms with van der Waals surface area (Å²) in [6.07, 6.45) is 0. The maximum absolute atomic E-state index is 9.05. The Morgan fingerprint density at radius 2 is 1.44 bits per heavy atom. The van der Waals surface area contributed by atoms with Crippen LogP contribution in [0.5, 0.6) is 0 Å². The fraction of sp³-hybridized carbons (Fsp3) is 0.200. The molecule has 0 aromatic heterocycles. The SMILES string of the molecule is OCc1ccc(CNc2cccc(CO)c2)cc1. The van der Waals surface area contributed by atoms with E-state index in [0.717, 1.165) is 28.9 Å². The van der Waals surface area contributed by atoms with Crippen molar-refractivity contribution in [3.8, 4) is 0 Å². The van der Waals surface area contributed by atoms with Crippen molar-refractivity contribution in [2.75, 3.05) is 5.32 Å². The van der Waals surface area contributed by atoms with E-state index in [1.807, 2.05) is 48.5 Å². The second-order valence-corrected chi connectivity index (χ2v) is 4.19. The molecule has 0 saturated heterocycles. The van der Waals surface area contributed by atoms with Crippen LogP contribution in [-0.2, 0) is 19.8 Å². The summed E-state index contributed by atoms with van der Waals surface area (Å²) in [6, 6.07) is 15.5. The van der Waals surface area contributed by atoms with E-state index in [-0.39, 0.29) is 13.2 Å². The molecule has 0 aliphatic carbocycles. The van der Waals surface area contributed by atoms with Crippen molar-refractivity contribution in [1.29, 1.82) is 0 Å². The lowest BCUT2D eigenvalue weighted by Gasteiger charge is -2.08. The van der Waals surface area contributed by atoms with Gasteiger partial charge in [0.05, 0.1) is 13.2 Å². The zero-order chi connectivity index (χ0) is 12.8. The van der Waals surface area contributed by atoms with Crippen LogP contribution in [0.3, 0.4) is 0 Å². The van der Waals surface area contributed by atoms with E-state index in [1.165, 1.54) is 0 Å². The van der Waals surface area contributed by atoms with Crippen LogP contribution < -0.4 is 5.32 Å². The monoisotopic (exact) mass is 243 g/mol. The van der Waals surface area contributed by atoms with Crippen molar-refractivity contribution in [3.63, 3.8) is 0 Å². The molecule has 18 heavy (non-hydrogen) atoms. The molecule has 0 heterocycles. The minimum atomic E-state index is 0.0563. The molecule has 2 rings (SSSR count). The van der Waals surface area contributed by atoms with Gasteiger partial charge in [-0.3, -0.25) is 0 Å². The Labute approximate surface area is 107 Å². The molecule has 3 N–H and O–H groups in total. The van der Waals surface area contributed by atoms with Crippen molar-refractivity contribution in [1.82, 2.24) is 0 Å². The first-order valence-electron chi connectivity index (χ1n) is 5.94. The molecule has 0 aliphatic heterocycles. The van der Waals surface area contributed by atoms with Gasteiger partial charge < -0.3 is 15.5 Å². The molecule has 3 heteroatoms. The van der Waals surface area contributed by atoms with Gasteiger partial charge in [0, 0.05) is 12.2 Å². The van der Waals surface area contributed by atoms with Crippen LogP contribution in [0.15, 0.2) is 48.5 Å². The Hall–Kier alpha value is -1.84. The molecular weight excluding hydrogens is 226 g/mol. The third-order valence-corrected chi connectivity index (χ3v) is 2.81. The van der Waals surface area contributed by atoms with E-state index in [0.29, 0.717) is 0 Å². The molecule has 94 valence electrons. The van der Waals surface area contributed by atoms with Crippen LogP contribution in [0.2, 0.25) is 0 Å². The smallest absolute Gasteiger partial charge is 0.0682 e. The van der Waals surface area contributed by atoms with Crippen LogP contribution in [0, 0.1) is 0 Å².